The van der Waals surface area contributed by atoms with Crippen molar-refractivity contribution >= 4 is 17.4 Å². The Morgan fingerprint density at radius 2 is 1.75 bits per heavy atom. The molecule has 0 radical (unpaired) electrons. The molecule has 6 nitrogen and oxygen atoms in total. The Bertz CT molecular complexity index is 1450. The number of aromatic nitrogens is 3. The van der Waals surface area contributed by atoms with Crippen molar-refractivity contribution in [2.24, 2.45) is 0 Å². The van der Waals surface area contributed by atoms with Gasteiger partial charge in [-0.2, -0.15) is 5.26 Å². The molecule has 36 heavy (non-hydrogen) atoms. The summed E-state index contributed by atoms with van der Waals surface area (Å²) in [6.45, 7) is 10.6. The third-order valence-electron chi connectivity index (χ3n) is 7.76. The number of hydrogen-bond donors (Lipinski definition) is 0. The first-order valence-electron chi connectivity index (χ1n) is 13.1. The summed E-state index contributed by atoms with van der Waals surface area (Å²) in [5.41, 5.74) is 4.50. The highest BCUT2D eigenvalue weighted by Gasteiger charge is 2.37. The number of pyridine rings is 1. The van der Waals surface area contributed by atoms with Crippen LogP contribution in [0.25, 0.3) is 11.7 Å². The van der Waals surface area contributed by atoms with E-state index in [1.165, 1.54) is 11.3 Å². The number of rotatable bonds is 8. The topological polar surface area (TPSA) is 74.3 Å². The highest BCUT2D eigenvalue weighted by molar-refractivity contribution is 5.72. The number of nitrogens with zero attached hydrogens (tertiary/aromatic N) is 5. The third kappa shape index (κ3) is 4.21. The molecular weight excluding hydrogens is 446 g/mol. The minimum Gasteiger partial charge on any atom is -0.347 e. The highest BCUT2D eigenvalue weighted by atomic mass is 16.1. The zero-order valence-corrected chi connectivity index (χ0v) is 22.4. The lowest BCUT2D eigenvalue weighted by Crippen LogP contribution is -2.28. The number of nitriles is 1. The van der Waals surface area contributed by atoms with Crippen LogP contribution in [0.3, 0.4) is 0 Å². The molecule has 0 amide bonds. The summed E-state index contributed by atoms with van der Waals surface area (Å²) in [5.74, 6) is 0.851. The summed E-state index contributed by atoms with van der Waals surface area (Å²) in [6, 6.07) is 10.6. The Balaban J connectivity index is 1.93. The van der Waals surface area contributed by atoms with Crippen molar-refractivity contribution in [3.63, 3.8) is 0 Å². The molecule has 0 N–H and O–H groups in total. The minimum absolute atomic E-state index is 0.155. The van der Waals surface area contributed by atoms with Crippen LogP contribution in [0.2, 0.25) is 0 Å². The molecule has 188 valence electrons. The van der Waals surface area contributed by atoms with Crippen molar-refractivity contribution in [1.29, 1.82) is 5.26 Å². The highest BCUT2D eigenvalue weighted by Crippen LogP contribution is 2.46. The van der Waals surface area contributed by atoms with Gasteiger partial charge in [-0.25, -0.2) is 4.40 Å². The van der Waals surface area contributed by atoms with E-state index in [0.717, 1.165) is 49.4 Å². The van der Waals surface area contributed by atoms with Crippen molar-refractivity contribution in [3.8, 4) is 6.07 Å². The van der Waals surface area contributed by atoms with Gasteiger partial charge in [-0.15, -0.1) is 10.2 Å². The number of likely N-dealkylation sites (N-methyl/N-ethyl adjacent to an activating group) is 1. The number of fused-ring (bicyclic) bond motifs is 2. The van der Waals surface area contributed by atoms with Gasteiger partial charge in [0.1, 0.15) is 17.5 Å². The molecule has 0 aliphatic carbocycles. The standard InChI is InChI=1S/C30H37N5O/c1-7-9-13-21(14-10-8-2)27-32-33-28-22(20(3)23(19-31)29(36)35(27)28)17-18-26-30(4,5)24-15-11-12-16-25(24)34(26)6/h11-12,15-18,21H,7-10,13-14H2,1-6H3/b22-17+,26-18-. The predicted octanol–water partition coefficient (Wildman–Crippen LogP) is 5.54. The lowest BCUT2D eigenvalue weighted by molar-refractivity contribution is 0.498. The summed E-state index contributed by atoms with van der Waals surface area (Å²) in [6.07, 6.45) is 10.4. The first kappa shape index (κ1) is 25.6. The van der Waals surface area contributed by atoms with Crippen LogP contribution < -0.4 is 15.7 Å². The predicted molar refractivity (Wildman–Crippen MR) is 146 cm³/mol. The van der Waals surface area contributed by atoms with Gasteiger partial charge in [-0.05, 0) is 49.1 Å². The van der Waals surface area contributed by atoms with Gasteiger partial charge in [0.2, 0.25) is 0 Å². The Morgan fingerprint density at radius 3 is 2.36 bits per heavy atom. The number of allylic oxidation sites excluding steroid dienone is 2. The van der Waals surface area contributed by atoms with Crippen molar-refractivity contribution in [1.82, 2.24) is 14.6 Å². The summed E-state index contributed by atoms with van der Waals surface area (Å²) in [7, 11) is 2.08. The quantitative estimate of drug-likeness (QED) is 0.420. The van der Waals surface area contributed by atoms with E-state index in [4.69, 9.17) is 0 Å². The Hall–Kier alpha value is -3.46. The normalized spacial score (nSPS) is 16.3. The molecule has 0 saturated heterocycles. The number of hydrogen-bond acceptors (Lipinski definition) is 5. The zero-order chi connectivity index (χ0) is 26.0. The average molecular weight is 484 g/mol. The van der Waals surface area contributed by atoms with Crippen molar-refractivity contribution in [2.75, 3.05) is 11.9 Å². The second-order valence-electron chi connectivity index (χ2n) is 10.4. The molecule has 1 aliphatic rings. The fourth-order valence-corrected chi connectivity index (χ4v) is 5.61. The van der Waals surface area contributed by atoms with Crippen LogP contribution in [0, 0.1) is 18.3 Å². The molecular formula is C30H37N5O. The van der Waals surface area contributed by atoms with E-state index in [1.54, 1.807) is 4.40 Å². The van der Waals surface area contributed by atoms with E-state index in [9.17, 15) is 10.1 Å². The van der Waals surface area contributed by atoms with Gasteiger partial charge in [0.05, 0.1) is 0 Å². The van der Waals surface area contributed by atoms with Crippen molar-refractivity contribution < 1.29 is 0 Å². The summed E-state index contributed by atoms with van der Waals surface area (Å²) in [5, 5.41) is 19.8. The van der Waals surface area contributed by atoms with Gasteiger partial charge in [0.15, 0.2) is 5.65 Å². The molecule has 0 unspecified atom stereocenters. The molecule has 0 spiro atoms. The van der Waals surface area contributed by atoms with Gasteiger partial charge >= 0.3 is 0 Å². The fraction of sp³-hybridized carbons (Fsp3) is 0.467. The lowest BCUT2D eigenvalue weighted by Gasteiger charge is -2.23. The van der Waals surface area contributed by atoms with Gasteiger partial charge in [0.25, 0.3) is 5.56 Å². The first-order valence-corrected chi connectivity index (χ1v) is 13.1. The molecule has 3 aromatic rings. The largest absolute Gasteiger partial charge is 0.347 e. The summed E-state index contributed by atoms with van der Waals surface area (Å²) < 4.78 is 1.62. The van der Waals surface area contributed by atoms with Crippen LogP contribution in [0.15, 0.2) is 40.8 Å². The second-order valence-corrected chi connectivity index (χ2v) is 10.4. The van der Waals surface area contributed by atoms with Gasteiger partial charge in [-0.3, -0.25) is 4.79 Å². The van der Waals surface area contributed by atoms with Crippen molar-refractivity contribution in [3.05, 3.63) is 74.1 Å². The summed E-state index contributed by atoms with van der Waals surface area (Å²) in [4.78, 5) is 15.7. The minimum atomic E-state index is -0.307. The number of benzene rings is 1. The van der Waals surface area contributed by atoms with E-state index in [0.29, 0.717) is 17.0 Å². The van der Waals surface area contributed by atoms with Gasteiger partial charge < -0.3 is 4.90 Å². The molecule has 3 heterocycles. The Kier molecular flexibility index (Phi) is 7.31. The molecule has 0 atom stereocenters. The van der Waals surface area contributed by atoms with Gasteiger partial charge in [-0.1, -0.05) is 71.6 Å². The van der Waals surface area contributed by atoms with E-state index < -0.39 is 0 Å². The Morgan fingerprint density at radius 1 is 1.08 bits per heavy atom. The maximum atomic E-state index is 13.5. The third-order valence-corrected chi connectivity index (χ3v) is 7.76. The van der Waals surface area contributed by atoms with Crippen LogP contribution in [0.1, 0.15) is 94.7 Å². The van der Waals surface area contributed by atoms with Crippen molar-refractivity contribution in [2.45, 2.75) is 84.5 Å². The molecule has 0 fully saturated rings. The SMILES string of the molecule is CCCCC(CCCC)c1nnc2/c(=C/C=C3\N(C)c4ccccc4C3(C)C)c(C)c(C#N)c(=O)n12. The van der Waals surface area contributed by atoms with Crippen LogP contribution in [0.5, 0.6) is 0 Å². The number of anilines is 1. The fourth-order valence-electron chi connectivity index (χ4n) is 5.61. The maximum Gasteiger partial charge on any atom is 0.276 e. The number of para-hydroxylation sites is 1. The molecule has 0 saturated carbocycles. The van der Waals surface area contributed by atoms with Gasteiger partial charge in [0, 0.05) is 35.0 Å². The van der Waals surface area contributed by atoms with E-state index >= 15 is 0 Å². The average Bonchev–Trinajstić information content (AvgIpc) is 3.38. The second kappa shape index (κ2) is 10.3. The van der Waals surface area contributed by atoms with Crippen LogP contribution in [0.4, 0.5) is 5.69 Å². The van der Waals surface area contributed by atoms with E-state index in [1.807, 2.05) is 13.0 Å². The molecule has 1 aromatic carbocycles. The first-order chi connectivity index (χ1) is 17.3. The number of unbranched alkanes of at least 4 members (excludes halogenated alkanes) is 2. The van der Waals surface area contributed by atoms with Crippen LogP contribution in [-0.2, 0) is 5.41 Å². The van der Waals surface area contributed by atoms with E-state index in [-0.39, 0.29) is 22.5 Å². The molecule has 6 heteroatoms. The Labute approximate surface area is 214 Å². The van der Waals surface area contributed by atoms with E-state index in [2.05, 4.69) is 86.3 Å². The lowest BCUT2D eigenvalue weighted by atomic mass is 9.84. The van der Waals surface area contributed by atoms with Crippen LogP contribution >= 0.6 is 0 Å². The molecule has 1 aliphatic heterocycles. The monoisotopic (exact) mass is 483 g/mol. The smallest absolute Gasteiger partial charge is 0.276 e. The zero-order valence-electron chi connectivity index (χ0n) is 22.4. The maximum absolute atomic E-state index is 13.5. The molecule has 4 rings (SSSR count). The summed E-state index contributed by atoms with van der Waals surface area (Å²) >= 11 is 0. The molecule has 2 aromatic heterocycles. The van der Waals surface area contributed by atoms with Crippen LogP contribution in [-0.4, -0.2) is 21.6 Å². The molecule has 0 bridgehead atoms.